The number of rotatable bonds is 5. The molecule has 0 spiro atoms. The van der Waals surface area contributed by atoms with Gasteiger partial charge in [-0.2, -0.15) is 15.2 Å². The Morgan fingerprint density at radius 1 is 1.24 bits per heavy atom. The zero-order valence-corrected chi connectivity index (χ0v) is 27.0. The van der Waals surface area contributed by atoms with Crippen molar-refractivity contribution in [2.24, 2.45) is 5.41 Å². The lowest BCUT2D eigenvalue weighted by Crippen LogP contribution is -2.44. The number of halogens is 4. The summed E-state index contributed by atoms with van der Waals surface area (Å²) >= 11 is 7.82. The Morgan fingerprint density at radius 2 is 2.02 bits per heavy atom. The standard InChI is InChI=1S/C32H32ClF3N6O3S/c1-31(13-41(3)7-6-17(31)11-34)15-45-30-39-27-18(29(40-30)42-8-9-44-16-32(2,43)14-42)10-20(33)24(26(27)36)25-21(35)4-5-22-23(25)19(12-37)28(38)46-22/h4-5,10-11,43H,6-9,13-16,38H2,1-3H3/b17-11+/t31-,32-/m0/s1. The average Bonchev–Trinajstić information content (AvgIpc) is 3.21. The molecule has 2 saturated heterocycles. The summed E-state index contributed by atoms with van der Waals surface area (Å²) < 4.78 is 58.6. The summed E-state index contributed by atoms with van der Waals surface area (Å²) in [6, 6.07) is 5.90. The number of nitrogens with zero attached hydrogens (tertiary/aromatic N) is 5. The highest BCUT2D eigenvalue weighted by molar-refractivity contribution is 7.23. The van der Waals surface area contributed by atoms with Crippen LogP contribution in [-0.4, -0.2) is 78.6 Å². The van der Waals surface area contributed by atoms with E-state index in [-0.39, 0.29) is 81.2 Å². The first-order valence-electron chi connectivity index (χ1n) is 14.6. The summed E-state index contributed by atoms with van der Waals surface area (Å²) in [5.74, 6) is -1.53. The van der Waals surface area contributed by atoms with Crippen LogP contribution >= 0.6 is 22.9 Å². The SMILES string of the molecule is CN1CC/C(=C\F)[C@](C)(COc2nc(N3CCOC[C@@](C)(O)C3)c3cc(Cl)c(-c4c(F)ccc5sc(N)c(C#N)c45)c(F)c3n2)C1. The monoisotopic (exact) mass is 672 g/mol. The zero-order chi connectivity index (χ0) is 33.0. The molecule has 2 aliphatic rings. The van der Waals surface area contributed by atoms with Gasteiger partial charge in [-0.1, -0.05) is 18.5 Å². The molecule has 6 rings (SSSR count). The largest absolute Gasteiger partial charge is 0.462 e. The quantitative estimate of drug-likeness (QED) is 0.261. The molecule has 9 nitrogen and oxygen atoms in total. The second-order valence-corrected chi connectivity index (χ2v) is 14.0. The number of benzene rings is 2. The van der Waals surface area contributed by atoms with Gasteiger partial charge in [0.05, 0.1) is 36.7 Å². The number of nitrogens with two attached hydrogens (primary N) is 1. The van der Waals surface area contributed by atoms with Crippen molar-refractivity contribution in [3.63, 3.8) is 0 Å². The van der Waals surface area contributed by atoms with Gasteiger partial charge >= 0.3 is 6.01 Å². The van der Waals surface area contributed by atoms with Gasteiger partial charge in [-0.25, -0.2) is 13.2 Å². The maximum absolute atomic E-state index is 16.9. The van der Waals surface area contributed by atoms with Gasteiger partial charge in [0.25, 0.3) is 0 Å². The maximum atomic E-state index is 16.9. The number of hydrogen-bond donors (Lipinski definition) is 2. The number of nitriles is 1. The number of hydrogen-bond acceptors (Lipinski definition) is 10. The minimum absolute atomic E-state index is 0.00538. The lowest BCUT2D eigenvalue weighted by atomic mass is 9.78. The smallest absolute Gasteiger partial charge is 0.319 e. The third kappa shape index (κ3) is 5.73. The first-order chi connectivity index (χ1) is 21.9. The van der Waals surface area contributed by atoms with Crippen molar-refractivity contribution in [3.8, 4) is 23.2 Å². The van der Waals surface area contributed by atoms with E-state index >= 15 is 8.78 Å². The van der Waals surface area contributed by atoms with Crippen LogP contribution in [0.15, 0.2) is 30.1 Å². The molecule has 14 heteroatoms. The van der Waals surface area contributed by atoms with Crippen molar-refractivity contribution in [2.45, 2.75) is 25.9 Å². The zero-order valence-electron chi connectivity index (χ0n) is 25.5. The van der Waals surface area contributed by atoms with Crippen LogP contribution in [0.25, 0.3) is 32.1 Å². The number of aliphatic hydroxyl groups is 1. The lowest BCUT2D eigenvalue weighted by molar-refractivity contribution is -0.0123. The Morgan fingerprint density at radius 3 is 2.76 bits per heavy atom. The van der Waals surface area contributed by atoms with Crippen LogP contribution in [0.5, 0.6) is 6.01 Å². The van der Waals surface area contributed by atoms with E-state index in [4.69, 9.17) is 26.8 Å². The van der Waals surface area contributed by atoms with Gasteiger partial charge in [0.15, 0.2) is 5.82 Å². The molecule has 0 amide bonds. The van der Waals surface area contributed by atoms with E-state index in [2.05, 4.69) is 14.9 Å². The maximum Gasteiger partial charge on any atom is 0.319 e. The highest BCUT2D eigenvalue weighted by Crippen LogP contribution is 2.46. The van der Waals surface area contributed by atoms with Crippen molar-refractivity contribution in [2.75, 3.05) is 63.7 Å². The highest BCUT2D eigenvalue weighted by atomic mass is 35.5. The molecule has 242 valence electrons. The average molecular weight is 673 g/mol. The van der Waals surface area contributed by atoms with E-state index in [1.54, 1.807) is 11.8 Å². The Kier molecular flexibility index (Phi) is 8.54. The number of nitrogen functional groups attached to an aromatic ring is 1. The van der Waals surface area contributed by atoms with Gasteiger partial charge < -0.3 is 30.1 Å². The van der Waals surface area contributed by atoms with Gasteiger partial charge in [0, 0.05) is 51.6 Å². The predicted octanol–water partition coefficient (Wildman–Crippen LogP) is 6.06. The fraction of sp³-hybridized carbons (Fsp3) is 0.406. The van der Waals surface area contributed by atoms with E-state index in [0.717, 1.165) is 11.3 Å². The molecule has 0 saturated carbocycles. The number of β-amino-alcohol motifs (C(OH)–C–C–N with tert-alkyl or cyclic N) is 1. The van der Waals surface area contributed by atoms with Crippen LogP contribution in [-0.2, 0) is 4.74 Å². The Balaban J connectivity index is 1.56. The number of piperidine rings is 1. The molecule has 4 heterocycles. The third-order valence-electron chi connectivity index (χ3n) is 8.59. The number of thiophene rings is 1. The lowest BCUT2D eigenvalue weighted by Gasteiger charge is -2.40. The molecular weight excluding hydrogens is 641 g/mol. The number of ether oxygens (including phenoxy) is 2. The summed E-state index contributed by atoms with van der Waals surface area (Å²) in [4.78, 5) is 12.9. The Bertz CT molecular complexity index is 1930. The topological polar surface area (TPSA) is 121 Å². The van der Waals surface area contributed by atoms with Gasteiger partial charge in [-0.05, 0) is 44.2 Å². The van der Waals surface area contributed by atoms with Gasteiger partial charge in [0.2, 0.25) is 0 Å². The fourth-order valence-electron chi connectivity index (χ4n) is 6.36. The molecule has 0 radical (unpaired) electrons. The molecule has 0 unspecified atom stereocenters. The molecule has 0 bridgehead atoms. The molecule has 3 N–H and O–H groups in total. The van der Waals surface area contributed by atoms with Gasteiger partial charge in [0.1, 0.15) is 40.4 Å². The van der Waals surface area contributed by atoms with E-state index in [9.17, 15) is 14.8 Å². The summed E-state index contributed by atoms with van der Waals surface area (Å²) in [6.45, 7) is 5.41. The first kappa shape index (κ1) is 32.3. The van der Waals surface area contributed by atoms with Crippen LogP contribution in [0.2, 0.25) is 5.02 Å². The normalized spacial score (nSPS) is 23.6. The van der Waals surface area contributed by atoms with Crippen LogP contribution in [0, 0.1) is 28.4 Å². The van der Waals surface area contributed by atoms with Crippen LogP contribution in [0.4, 0.5) is 24.0 Å². The van der Waals surface area contributed by atoms with Crippen molar-refractivity contribution < 1.29 is 27.8 Å². The predicted molar refractivity (Wildman–Crippen MR) is 173 cm³/mol. The molecule has 4 aromatic rings. The third-order valence-corrected chi connectivity index (χ3v) is 9.88. The van der Waals surface area contributed by atoms with E-state index < -0.39 is 22.7 Å². The molecule has 2 fully saturated rings. The van der Waals surface area contributed by atoms with Gasteiger partial charge in [-0.3, -0.25) is 0 Å². The number of likely N-dealkylation sites (tertiary alicyclic amines) is 1. The Labute approximate surface area is 272 Å². The van der Waals surface area contributed by atoms with Crippen LogP contribution in [0.1, 0.15) is 25.8 Å². The second kappa shape index (κ2) is 12.2. The van der Waals surface area contributed by atoms with Crippen molar-refractivity contribution >= 4 is 54.7 Å². The summed E-state index contributed by atoms with van der Waals surface area (Å²) in [6.07, 6.45) is 1.13. The van der Waals surface area contributed by atoms with E-state index in [1.807, 2.05) is 20.0 Å². The summed E-state index contributed by atoms with van der Waals surface area (Å²) in [5, 5.41) is 21.1. The van der Waals surface area contributed by atoms with Crippen LogP contribution < -0.4 is 15.4 Å². The van der Waals surface area contributed by atoms with E-state index in [0.29, 0.717) is 42.7 Å². The molecular formula is C32H32ClF3N6O3S. The van der Waals surface area contributed by atoms with E-state index in [1.165, 1.54) is 18.2 Å². The summed E-state index contributed by atoms with van der Waals surface area (Å²) in [7, 11) is 1.93. The fourth-order valence-corrected chi connectivity index (χ4v) is 7.57. The second-order valence-electron chi connectivity index (χ2n) is 12.5. The number of aromatic nitrogens is 2. The molecule has 2 aliphatic heterocycles. The molecule has 2 aromatic heterocycles. The number of fused-ring (bicyclic) bond motifs is 2. The van der Waals surface area contributed by atoms with Gasteiger partial charge in [-0.15, -0.1) is 11.3 Å². The highest BCUT2D eigenvalue weighted by Gasteiger charge is 2.36. The minimum Gasteiger partial charge on any atom is -0.462 e. The molecule has 46 heavy (non-hydrogen) atoms. The molecule has 2 atom stereocenters. The summed E-state index contributed by atoms with van der Waals surface area (Å²) in [5.41, 5.74) is 3.97. The van der Waals surface area contributed by atoms with Crippen LogP contribution in [0.3, 0.4) is 0 Å². The van der Waals surface area contributed by atoms with Crippen molar-refractivity contribution in [1.29, 1.82) is 5.26 Å². The molecule has 0 aliphatic carbocycles. The van der Waals surface area contributed by atoms with Crippen molar-refractivity contribution in [3.05, 3.63) is 52.3 Å². The first-order valence-corrected chi connectivity index (χ1v) is 15.8. The molecule has 2 aromatic carbocycles. The number of anilines is 2. The Hall–Kier alpha value is -3.67. The van der Waals surface area contributed by atoms with Crippen molar-refractivity contribution in [1.82, 2.24) is 14.9 Å². The minimum atomic E-state index is -1.26.